The van der Waals surface area contributed by atoms with Crippen molar-refractivity contribution < 1.29 is 24.0 Å². The molecule has 0 fully saturated rings. The maximum absolute atomic E-state index is 11.8. The van der Waals surface area contributed by atoms with Crippen LogP contribution in [0.1, 0.15) is 24.6 Å². The lowest BCUT2D eigenvalue weighted by Crippen LogP contribution is -2.12. The molecule has 122 valence electrons. The number of aromatic nitrogens is 2. The van der Waals surface area contributed by atoms with Gasteiger partial charge in [-0.3, -0.25) is 4.79 Å². The molecule has 8 nitrogen and oxygen atoms in total. The summed E-state index contributed by atoms with van der Waals surface area (Å²) in [6.07, 6.45) is 1.49. The standard InChI is InChI=1S/C15H17N3O5/c1-10-16-14(23-18-10)4-2-3-13(19)17-11-5-7-12(8-6-11)22-9-15(20)21/h5-8H,2-4,9H2,1H3,(H,17,19)(H,20,21). The van der Waals surface area contributed by atoms with Crippen LogP contribution in [0.2, 0.25) is 0 Å². The van der Waals surface area contributed by atoms with Crippen LogP contribution in [0.15, 0.2) is 28.8 Å². The number of amides is 1. The van der Waals surface area contributed by atoms with Gasteiger partial charge in [0.2, 0.25) is 11.8 Å². The molecule has 2 N–H and O–H groups in total. The molecule has 0 bridgehead atoms. The van der Waals surface area contributed by atoms with E-state index in [0.29, 0.717) is 42.4 Å². The molecule has 0 saturated carbocycles. The van der Waals surface area contributed by atoms with Gasteiger partial charge in [-0.2, -0.15) is 4.98 Å². The highest BCUT2D eigenvalue weighted by Gasteiger charge is 2.06. The van der Waals surface area contributed by atoms with E-state index in [0.717, 1.165) is 0 Å². The summed E-state index contributed by atoms with van der Waals surface area (Å²) >= 11 is 0. The maximum atomic E-state index is 11.8. The zero-order chi connectivity index (χ0) is 16.7. The number of nitrogens with one attached hydrogen (secondary N) is 1. The fourth-order valence-corrected chi connectivity index (χ4v) is 1.84. The average molecular weight is 319 g/mol. The van der Waals surface area contributed by atoms with Crippen molar-refractivity contribution in [2.24, 2.45) is 0 Å². The molecular formula is C15H17N3O5. The number of anilines is 1. The molecular weight excluding hydrogens is 302 g/mol. The van der Waals surface area contributed by atoms with Crippen molar-refractivity contribution in [3.05, 3.63) is 36.0 Å². The lowest BCUT2D eigenvalue weighted by atomic mass is 10.2. The van der Waals surface area contributed by atoms with Gasteiger partial charge >= 0.3 is 5.97 Å². The Kier molecular flexibility index (Phi) is 5.67. The van der Waals surface area contributed by atoms with E-state index < -0.39 is 12.6 Å². The summed E-state index contributed by atoms with van der Waals surface area (Å²) in [4.78, 5) is 26.3. The van der Waals surface area contributed by atoms with E-state index in [4.69, 9.17) is 14.4 Å². The summed E-state index contributed by atoms with van der Waals surface area (Å²) < 4.78 is 9.98. The van der Waals surface area contributed by atoms with Crippen molar-refractivity contribution in [2.75, 3.05) is 11.9 Å². The van der Waals surface area contributed by atoms with Crippen molar-refractivity contribution in [2.45, 2.75) is 26.2 Å². The Balaban J connectivity index is 1.73. The van der Waals surface area contributed by atoms with E-state index in [2.05, 4.69) is 15.5 Å². The van der Waals surface area contributed by atoms with Gasteiger partial charge in [0.1, 0.15) is 5.75 Å². The summed E-state index contributed by atoms with van der Waals surface area (Å²) in [6, 6.07) is 6.49. The number of carbonyl (C=O) groups excluding carboxylic acids is 1. The minimum atomic E-state index is -1.04. The lowest BCUT2D eigenvalue weighted by Gasteiger charge is -2.06. The predicted molar refractivity (Wildman–Crippen MR) is 80.2 cm³/mol. The summed E-state index contributed by atoms with van der Waals surface area (Å²) in [7, 11) is 0. The molecule has 0 spiro atoms. The summed E-state index contributed by atoms with van der Waals surface area (Å²) in [5.41, 5.74) is 0.617. The molecule has 0 aliphatic rings. The fraction of sp³-hybridized carbons (Fsp3) is 0.333. The van der Waals surface area contributed by atoms with E-state index in [1.54, 1.807) is 31.2 Å². The topological polar surface area (TPSA) is 115 Å². The Bertz CT molecular complexity index is 666. The molecule has 1 amide bonds. The SMILES string of the molecule is Cc1noc(CCCC(=O)Nc2ccc(OCC(=O)O)cc2)n1. The van der Waals surface area contributed by atoms with Gasteiger partial charge in [-0.05, 0) is 37.6 Å². The summed E-state index contributed by atoms with van der Waals surface area (Å²) in [5, 5.41) is 14.9. The van der Waals surface area contributed by atoms with Crippen LogP contribution in [0.3, 0.4) is 0 Å². The van der Waals surface area contributed by atoms with Gasteiger partial charge in [0, 0.05) is 18.5 Å². The van der Waals surface area contributed by atoms with Gasteiger partial charge in [0.15, 0.2) is 12.4 Å². The molecule has 1 aromatic heterocycles. The number of carbonyl (C=O) groups is 2. The number of carboxylic acids is 1. The Morgan fingerprint density at radius 1 is 1.30 bits per heavy atom. The molecule has 0 atom stereocenters. The van der Waals surface area contributed by atoms with Crippen LogP contribution >= 0.6 is 0 Å². The predicted octanol–water partition coefficient (Wildman–Crippen LogP) is 1.80. The van der Waals surface area contributed by atoms with Gasteiger partial charge in [-0.15, -0.1) is 0 Å². The minimum Gasteiger partial charge on any atom is -0.482 e. The monoisotopic (exact) mass is 319 g/mol. The highest BCUT2D eigenvalue weighted by atomic mass is 16.5. The Hall–Kier alpha value is -2.90. The number of hydrogen-bond donors (Lipinski definition) is 2. The van der Waals surface area contributed by atoms with Crippen LogP contribution in [0.5, 0.6) is 5.75 Å². The molecule has 0 unspecified atom stereocenters. The number of nitrogens with zero attached hydrogens (tertiary/aromatic N) is 2. The second kappa shape index (κ2) is 7.92. The van der Waals surface area contributed by atoms with E-state index >= 15 is 0 Å². The third kappa shape index (κ3) is 5.77. The van der Waals surface area contributed by atoms with Gasteiger partial charge in [0.25, 0.3) is 0 Å². The molecule has 0 radical (unpaired) electrons. The number of ether oxygens (including phenoxy) is 1. The third-order valence-electron chi connectivity index (χ3n) is 2.86. The van der Waals surface area contributed by atoms with Crippen molar-refractivity contribution in [1.29, 1.82) is 0 Å². The van der Waals surface area contributed by atoms with Crippen LogP contribution in [0.4, 0.5) is 5.69 Å². The van der Waals surface area contributed by atoms with E-state index in [9.17, 15) is 9.59 Å². The highest BCUT2D eigenvalue weighted by molar-refractivity contribution is 5.90. The van der Waals surface area contributed by atoms with Crippen molar-refractivity contribution >= 4 is 17.6 Å². The fourth-order valence-electron chi connectivity index (χ4n) is 1.84. The zero-order valence-electron chi connectivity index (χ0n) is 12.6. The lowest BCUT2D eigenvalue weighted by molar-refractivity contribution is -0.139. The van der Waals surface area contributed by atoms with Crippen LogP contribution in [0, 0.1) is 6.92 Å². The van der Waals surface area contributed by atoms with E-state index in [1.165, 1.54) is 0 Å². The molecule has 8 heteroatoms. The number of carboxylic acid groups (broad SMARTS) is 1. The number of aliphatic carboxylic acids is 1. The first kappa shape index (κ1) is 16.5. The molecule has 0 saturated heterocycles. The molecule has 2 aromatic rings. The summed E-state index contributed by atoms with van der Waals surface area (Å²) in [6.45, 7) is 1.34. The van der Waals surface area contributed by atoms with E-state index in [-0.39, 0.29) is 5.91 Å². The second-order valence-corrected chi connectivity index (χ2v) is 4.84. The first-order chi connectivity index (χ1) is 11.0. The second-order valence-electron chi connectivity index (χ2n) is 4.84. The van der Waals surface area contributed by atoms with Crippen LogP contribution in [-0.2, 0) is 16.0 Å². The smallest absolute Gasteiger partial charge is 0.341 e. The van der Waals surface area contributed by atoms with Gasteiger partial charge in [-0.25, -0.2) is 4.79 Å². The summed E-state index contributed by atoms with van der Waals surface area (Å²) in [5.74, 6) is 0.362. The van der Waals surface area contributed by atoms with Crippen molar-refractivity contribution in [1.82, 2.24) is 10.1 Å². The molecule has 23 heavy (non-hydrogen) atoms. The van der Waals surface area contributed by atoms with Gasteiger partial charge < -0.3 is 19.7 Å². The Morgan fingerprint density at radius 3 is 2.65 bits per heavy atom. The first-order valence-corrected chi connectivity index (χ1v) is 7.06. The van der Waals surface area contributed by atoms with Crippen molar-refractivity contribution in [3.8, 4) is 5.75 Å². The normalized spacial score (nSPS) is 10.3. The van der Waals surface area contributed by atoms with Gasteiger partial charge in [0.05, 0.1) is 0 Å². The number of rotatable bonds is 8. The molecule has 0 aliphatic heterocycles. The first-order valence-electron chi connectivity index (χ1n) is 7.06. The largest absolute Gasteiger partial charge is 0.482 e. The molecule has 0 aliphatic carbocycles. The zero-order valence-corrected chi connectivity index (χ0v) is 12.6. The van der Waals surface area contributed by atoms with Crippen LogP contribution in [0.25, 0.3) is 0 Å². The number of aryl methyl sites for hydroxylation is 2. The van der Waals surface area contributed by atoms with Crippen LogP contribution < -0.4 is 10.1 Å². The average Bonchev–Trinajstić information content (AvgIpc) is 2.92. The van der Waals surface area contributed by atoms with E-state index in [1.807, 2.05) is 0 Å². The Morgan fingerprint density at radius 2 is 2.04 bits per heavy atom. The molecule has 2 rings (SSSR count). The quantitative estimate of drug-likeness (QED) is 0.762. The maximum Gasteiger partial charge on any atom is 0.341 e. The molecule has 1 heterocycles. The highest BCUT2D eigenvalue weighted by Crippen LogP contribution is 2.16. The van der Waals surface area contributed by atoms with Crippen LogP contribution in [-0.4, -0.2) is 33.7 Å². The molecule has 1 aromatic carbocycles. The number of hydrogen-bond acceptors (Lipinski definition) is 6. The third-order valence-corrected chi connectivity index (χ3v) is 2.86. The number of benzene rings is 1. The minimum absolute atomic E-state index is 0.125. The Labute approximate surface area is 132 Å². The van der Waals surface area contributed by atoms with Crippen molar-refractivity contribution in [3.63, 3.8) is 0 Å². The van der Waals surface area contributed by atoms with Gasteiger partial charge in [-0.1, -0.05) is 5.16 Å².